The fourth-order valence-electron chi connectivity index (χ4n) is 4.85. The summed E-state index contributed by atoms with van der Waals surface area (Å²) in [5, 5.41) is 6.06. The Hall–Kier alpha value is -4.01. The minimum Gasteiger partial charge on any atom is -0.345 e. The second-order valence-electron chi connectivity index (χ2n) is 10.9. The molecule has 1 atom stereocenters. The number of ketones is 1. The van der Waals surface area contributed by atoms with E-state index in [2.05, 4.69) is 22.8 Å². The summed E-state index contributed by atoms with van der Waals surface area (Å²) in [6, 6.07) is 22.6. The van der Waals surface area contributed by atoms with Gasteiger partial charge in [-0.05, 0) is 81.0 Å². The highest BCUT2D eigenvalue weighted by Crippen LogP contribution is 2.22. The molecule has 1 aliphatic heterocycles. The van der Waals surface area contributed by atoms with Crippen LogP contribution in [-0.2, 0) is 27.3 Å². The van der Waals surface area contributed by atoms with Crippen molar-refractivity contribution in [1.29, 1.82) is 0 Å². The summed E-state index contributed by atoms with van der Waals surface area (Å²) >= 11 is 5.96. The van der Waals surface area contributed by atoms with E-state index in [0.29, 0.717) is 42.2 Å². The van der Waals surface area contributed by atoms with E-state index >= 15 is 0 Å². The first-order valence-electron chi connectivity index (χ1n) is 14.6. The maximum atomic E-state index is 12.4. The molecule has 3 aromatic rings. The van der Waals surface area contributed by atoms with E-state index in [1.807, 2.05) is 42.2 Å². The molecule has 1 heterocycles. The first kappa shape index (κ1) is 33.5. The van der Waals surface area contributed by atoms with Crippen LogP contribution in [0.4, 0.5) is 5.69 Å². The van der Waals surface area contributed by atoms with Crippen molar-refractivity contribution in [2.45, 2.75) is 64.5 Å². The zero-order valence-electron chi connectivity index (χ0n) is 24.9. The number of anilines is 1. The van der Waals surface area contributed by atoms with Gasteiger partial charge in [-0.2, -0.15) is 0 Å². The third-order valence-corrected chi connectivity index (χ3v) is 7.99. The van der Waals surface area contributed by atoms with E-state index in [0.717, 1.165) is 31.4 Å². The molecule has 4 N–H and O–H groups in total. The Kier molecular flexibility index (Phi) is 12.9. The van der Waals surface area contributed by atoms with Crippen molar-refractivity contribution in [3.8, 4) is 0 Å². The van der Waals surface area contributed by atoms with Crippen molar-refractivity contribution < 1.29 is 19.2 Å². The third kappa shape index (κ3) is 10.0. The van der Waals surface area contributed by atoms with Gasteiger partial charge in [0, 0.05) is 42.2 Å². The Morgan fingerprint density at radius 3 is 2.35 bits per heavy atom. The molecule has 0 aromatic heterocycles. The Bertz CT molecular complexity index is 1400. The molecule has 0 aliphatic carbocycles. The smallest absolute Gasteiger partial charge is 0.249 e. The number of carbonyl (C=O) groups is 4. The van der Waals surface area contributed by atoms with Crippen LogP contribution in [0.25, 0.3) is 0 Å². The number of hydrogen-bond acceptors (Lipinski definition) is 5. The summed E-state index contributed by atoms with van der Waals surface area (Å²) < 4.78 is 0. The van der Waals surface area contributed by atoms with Gasteiger partial charge in [0.2, 0.25) is 18.2 Å². The number of nitrogens with one attached hydrogen (secondary N) is 2. The number of aryl methyl sites for hydroxylation is 1. The predicted octanol–water partition coefficient (Wildman–Crippen LogP) is 5.46. The van der Waals surface area contributed by atoms with E-state index in [1.54, 1.807) is 37.3 Å². The van der Waals surface area contributed by atoms with Gasteiger partial charge >= 0.3 is 0 Å². The van der Waals surface area contributed by atoms with E-state index in [1.165, 1.54) is 11.1 Å². The Morgan fingerprint density at radius 2 is 1.67 bits per heavy atom. The lowest BCUT2D eigenvalue weighted by Gasteiger charge is -2.28. The van der Waals surface area contributed by atoms with E-state index < -0.39 is 5.54 Å². The summed E-state index contributed by atoms with van der Waals surface area (Å²) in [7, 11) is 0. The number of halogens is 1. The van der Waals surface area contributed by atoms with Gasteiger partial charge in [0.05, 0.1) is 0 Å². The largest absolute Gasteiger partial charge is 0.345 e. The standard InChI is InChI=1S/C19H19NO2.C15H22ClN3O2/c21-18(16-7-2-1-3-8-16)10-11-19(22)20-13-12-15-6-4-5-9-17(15)14-20;1-11-9-12(5-6-13(11)16)19-14(21)15(2,18-10-20)7-3-4-8-17/h1-9H,10-14H2;5-6,9-10H,3-4,7-8,17H2,1-2H3,(H,18,20)(H,19,21). The normalized spacial score (nSPS) is 13.4. The highest BCUT2D eigenvalue weighted by molar-refractivity contribution is 6.31. The number of nitrogens with zero attached hydrogens (tertiary/aromatic N) is 1. The molecule has 1 unspecified atom stereocenters. The molecule has 228 valence electrons. The van der Waals surface area contributed by atoms with E-state index in [-0.39, 0.29) is 30.4 Å². The summed E-state index contributed by atoms with van der Waals surface area (Å²) in [5.41, 5.74) is 9.26. The van der Waals surface area contributed by atoms with Crippen molar-refractivity contribution in [3.63, 3.8) is 0 Å². The summed E-state index contributed by atoms with van der Waals surface area (Å²) in [4.78, 5) is 49.4. The minimum absolute atomic E-state index is 0.0337. The Morgan fingerprint density at radius 1 is 0.977 bits per heavy atom. The van der Waals surface area contributed by atoms with Gasteiger partial charge in [0.15, 0.2) is 5.78 Å². The number of amides is 3. The number of Topliss-reactive ketones (excluding diaryl/α,β-unsaturated/α-hetero) is 1. The first-order valence-corrected chi connectivity index (χ1v) is 15.0. The minimum atomic E-state index is -0.954. The van der Waals surface area contributed by atoms with Gasteiger partial charge in [-0.25, -0.2) is 0 Å². The molecule has 0 bridgehead atoms. The fourth-order valence-corrected chi connectivity index (χ4v) is 4.97. The second kappa shape index (κ2) is 16.6. The van der Waals surface area contributed by atoms with Crippen LogP contribution in [-0.4, -0.2) is 47.5 Å². The zero-order chi connectivity index (χ0) is 31.2. The van der Waals surface area contributed by atoms with Crippen LogP contribution >= 0.6 is 11.6 Å². The highest BCUT2D eigenvalue weighted by Gasteiger charge is 2.32. The molecule has 4 rings (SSSR count). The molecule has 0 fully saturated rings. The Labute approximate surface area is 259 Å². The van der Waals surface area contributed by atoms with Gasteiger partial charge in [-0.3, -0.25) is 19.2 Å². The average Bonchev–Trinajstić information content (AvgIpc) is 3.02. The van der Waals surface area contributed by atoms with Crippen molar-refractivity contribution >= 4 is 41.3 Å². The monoisotopic (exact) mass is 604 g/mol. The third-order valence-electron chi connectivity index (χ3n) is 7.57. The van der Waals surface area contributed by atoms with Crippen LogP contribution in [0.1, 0.15) is 66.1 Å². The van der Waals surface area contributed by atoms with Crippen LogP contribution < -0.4 is 16.4 Å². The summed E-state index contributed by atoms with van der Waals surface area (Å²) in [5.74, 6) is -0.154. The number of benzene rings is 3. The maximum Gasteiger partial charge on any atom is 0.249 e. The van der Waals surface area contributed by atoms with Gasteiger partial charge in [0.25, 0.3) is 0 Å². The van der Waals surface area contributed by atoms with Crippen molar-refractivity contribution in [1.82, 2.24) is 10.2 Å². The van der Waals surface area contributed by atoms with Gasteiger partial charge in [0.1, 0.15) is 5.54 Å². The van der Waals surface area contributed by atoms with Crippen molar-refractivity contribution in [3.05, 3.63) is 100 Å². The first-order chi connectivity index (χ1) is 20.7. The van der Waals surface area contributed by atoms with Gasteiger partial charge in [-0.1, -0.05) is 66.2 Å². The molecule has 9 heteroatoms. The number of carbonyl (C=O) groups excluding carboxylic acids is 4. The quantitative estimate of drug-likeness (QED) is 0.144. The molecule has 3 aromatic carbocycles. The number of rotatable bonds is 12. The van der Waals surface area contributed by atoms with Crippen molar-refractivity contribution in [2.75, 3.05) is 18.4 Å². The lowest BCUT2D eigenvalue weighted by molar-refractivity contribution is -0.132. The molecular weight excluding hydrogens is 564 g/mol. The number of hydrogen-bond donors (Lipinski definition) is 3. The van der Waals surface area contributed by atoms with Crippen LogP contribution in [0, 0.1) is 6.92 Å². The van der Waals surface area contributed by atoms with Gasteiger partial charge < -0.3 is 21.3 Å². The molecule has 43 heavy (non-hydrogen) atoms. The lowest BCUT2D eigenvalue weighted by atomic mass is 9.93. The number of unbranched alkanes of at least 4 members (excludes halogenated alkanes) is 1. The summed E-state index contributed by atoms with van der Waals surface area (Å²) in [6.07, 6.45) is 4.12. The molecule has 1 aliphatic rings. The van der Waals surface area contributed by atoms with Crippen LogP contribution in [0.3, 0.4) is 0 Å². The molecule has 3 amide bonds. The molecule has 0 spiro atoms. The van der Waals surface area contributed by atoms with Crippen LogP contribution in [0.5, 0.6) is 0 Å². The van der Waals surface area contributed by atoms with Crippen LogP contribution in [0.15, 0.2) is 72.8 Å². The van der Waals surface area contributed by atoms with E-state index in [4.69, 9.17) is 17.3 Å². The van der Waals surface area contributed by atoms with E-state index in [9.17, 15) is 19.2 Å². The molecule has 0 saturated heterocycles. The number of fused-ring (bicyclic) bond motifs is 1. The molecule has 0 saturated carbocycles. The lowest BCUT2D eigenvalue weighted by Crippen LogP contribution is -2.51. The molecular formula is C34H41ClN4O4. The Balaban J connectivity index is 0.000000236. The zero-order valence-corrected chi connectivity index (χ0v) is 25.7. The topological polar surface area (TPSA) is 122 Å². The second-order valence-corrected chi connectivity index (χ2v) is 11.3. The van der Waals surface area contributed by atoms with Crippen molar-refractivity contribution in [2.24, 2.45) is 5.73 Å². The van der Waals surface area contributed by atoms with Gasteiger partial charge in [-0.15, -0.1) is 0 Å². The summed E-state index contributed by atoms with van der Waals surface area (Å²) in [6.45, 7) is 5.54. The molecule has 8 nitrogen and oxygen atoms in total. The molecule has 0 radical (unpaired) electrons. The van der Waals surface area contributed by atoms with Crippen LogP contribution in [0.2, 0.25) is 5.02 Å². The predicted molar refractivity (Wildman–Crippen MR) is 171 cm³/mol. The highest BCUT2D eigenvalue weighted by atomic mass is 35.5. The maximum absolute atomic E-state index is 12.4. The SMILES string of the molecule is Cc1cc(NC(=O)C(C)(CCCCN)NC=O)ccc1Cl.O=C(CCC(=O)N1CCc2ccccc2C1)c1ccccc1. The average molecular weight is 605 g/mol. The number of nitrogens with two attached hydrogens (primary N) is 1. The fraction of sp³-hybridized carbons (Fsp3) is 0.353.